The van der Waals surface area contributed by atoms with Crippen molar-refractivity contribution in [3.8, 4) is 22.3 Å². The highest BCUT2D eigenvalue weighted by molar-refractivity contribution is 6.12. The second kappa shape index (κ2) is 10.4. The van der Waals surface area contributed by atoms with Gasteiger partial charge in [0.05, 0.1) is 11.4 Å². The van der Waals surface area contributed by atoms with Crippen LogP contribution in [-0.2, 0) is 5.41 Å². The first kappa shape index (κ1) is 27.6. The van der Waals surface area contributed by atoms with E-state index in [2.05, 4.69) is 183 Å². The zero-order valence-corrected chi connectivity index (χ0v) is 27.0. The van der Waals surface area contributed by atoms with E-state index in [0.29, 0.717) is 0 Å². The summed E-state index contributed by atoms with van der Waals surface area (Å²) in [6.07, 6.45) is 0. The molecular weight excluding hydrogens is 567 g/mol. The van der Waals surface area contributed by atoms with Crippen LogP contribution in [0.5, 0.6) is 0 Å². The molecule has 1 aliphatic rings. The summed E-state index contributed by atoms with van der Waals surface area (Å²) >= 11 is 0. The van der Waals surface area contributed by atoms with E-state index in [1.54, 1.807) is 0 Å². The average Bonchev–Trinajstić information content (AvgIpc) is 3.33. The van der Waals surface area contributed by atoms with E-state index in [1.165, 1.54) is 82.6 Å². The van der Waals surface area contributed by atoms with Gasteiger partial charge in [-0.1, -0.05) is 141 Å². The SMILES string of the molecule is Cc1ccc(N(c2cccc3c2-c2cc4ccccc4cc2C3(C)C)c2ccc3ccccc3c2-c2cccc3ccccc23)cc1. The van der Waals surface area contributed by atoms with Crippen molar-refractivity contribution < 1.29 is 0 Å². The van der Waals surface area contributed by atoms with E-state index >= 15 is 0 Å². The van der Waals surface area contributed by atoms with Crippen molar-refractivity contribution in [2.45, 2.75) is 26.2 Å². The van der Waals surface area contributed by atoms with Crippen LogP contribution in [0.2, 0.25) is 0 Å². The smallest absolute Gasteiger partial charge is 0.0546 e. The Hall–Kier alpha value is -5.66. The zero-order valence-electron chi connectivity index (χ0n) is 27.0. The Morgan fingerprint density at radius 3 is 1.79 bits per heavy atom. The monoisotopic (exact) mass is 601 g/mol. The summed E-state index contributed by atoms with van der Waals surface area (Å²) in [5.74, 6) is 0. The molecule has 0 spiro atoms. The predicted molar refractivity (Wildman–Crippen MR) is 201 cm³/mol. The van der Waals surface area contributed by atoms with Gasteiger partial charge >= 0.3 is 0 Å². The second-order valence-corrected chi connectivity index (χ2v) is 13.4. The summed E-state index contributed by atoms with van der Waals surface area (Å²) in [7, 11) is 0. The van der Waals surface area contributed by atoms with Crippen molar-refractivity contribution in [1.29, 1.82) is 0 Å². The van der Waals surface area contributed by atoms with Crippen molar-refractivity contribution in [1.82, 2.24) is 0 Å². The van der Waals surface area contributed by atoms with Gasteiger partial charge in [0, 0.05) is 22.2 Å². The molecule has 1 nitrogen and oxygen atoms in total. The molecule has 0 unspecified atom stereocenters. The van der Waals surface area contributed by atoms with Gasteiger partial charge in [0.1, 0.15) is 0 Å². The summed E-state index contributed by atoms with van der Waals surface area (Å²) in [5.41, 5.74) is 12.5. The van der Waals surface area contributed by atoms with Crippen LogP contribution < -0.4 is 4.90 Å². The van der Waals surface area contributed by atoms with E-state index in [4.69, 9.17) is 0 Å². The molecule has 47 heavy (non-hydrogen) atoms. The molecule has 0 N–H and O–H groups in total. The lowest BCUT2D eigenvalue weighted by molar-refractivity contribution is 0.661. The zero-order chi connectivity index (χ0) is 31.7. The number of benzene rings is 8. The van der Waals surface area contributed by atoms with E-state index in [9.17, 15) is 0 Å². The van der Waals surface area contributed by atoms with Crippen LogP contribution in [0.1, 0.15) is 30.5 Å². The van der Waals surface area contributed by atoms with Gasteiger partial charge in [-0.25, -0.2) is 0 Å². The molecule has 8 aromatic carbocycles. The van der Waals surface area contributed by atoms with Gasteiger partial charge in [0.25, 0.3) is 0 Å². The minimum Gasteiger partial charge on any atom is -0.309 e. The molecule has 0 aliphatic heterocycles. The third kappa shape index (κ3) is 4.23. The van der Waals surface area contributed by atoms with Gasteiger partial charge in [0.15, 0.2) is 0 Å². The van der Waals surface area contributed by atoms with Gasteiger partial charge in [-0.3, -0.25) is 0 Å². The van der Waals surface area contributed by atoms with Gasteiger partial charge in [-0.05, 0) is 97.9 Å². The highest BCUT2D eigenvalue weighted by Crippen LogP contribution is 2.56. The fraction of sp³-hybridized carbons (Fsp3) is 0.0870. The highest BCUT2D eigenvalue weighted by Gasteiger charge is 2.38. The highest BCUT2D eigenvalue weighted by atomic mass is 15.1. The summed E-state index contributed by atoms with van der Waals surface area (Å²) in [4.78, 5) is 2.52. The maximum Gasteiger partial charge on any atom is 0.0546 e. The third-order valence-corrected chi connectivity index (χ3v) is 10.3. The maximum atomic E-state index is 2.52. The first-order chi connectivity index (χ1) is 23.0. The Bertz CT molecular complexity index is 2490. The Kier molecular flexibility index (Phi) is 6.14. The molecule has 1 aliphatic carbocycles. The van der Waals surface area contributed by atoms with Gasteiger partial charge in [-0.15, -0.1) is 0 Å². The lowest BCUT2D eigenvalue weighted by atomic mass is 9.82. The summed E-state index contributed by atoms with van der Waals surface area (Å²) in [5, 5.41) is 7.55. The van der Waals surface area contributed by atoms with E-state index in [-0.39, 0.29) is 5.41 Å². The van der Waals surface area contributed by atoms with Crippen molar-refractivity contribution >= 4 is 49.4 Å². The fourth-order valence-electron chi connectivity index (χ4n) is 7.91. The Balaban J connectivity index is 1.41. The lowest BCUT2D eigenvalue weighted by Crippen LogP contribution is -2.16. The van der Waals surface area contributed by atoms with Crippen LogP contribution >= 0.6 is 0 Å². The first-order valence-electron chi connectivity index (χ1n) is 16.5. The Morgan fingerprint density at radius 1 is 0.426 bits per heavy atom. The van der Waals surface area contributed by atoms with Crippen molar-refractivity contribution in [3.63, 3.8) is 0 Å². The van der Waals surface area contributed by atoms with Crippen LogP contribution in [0.3, 0.4) is 0 Å². The minimum absolute atomic E-state index is 0.133. The first-order valence-corrected chi connectivity index (χ1v) is 16.5. The molecule has 0 amide bonds. The number of fused-ring (bicyclic) bond motifs is 6. The van der Waals surface area contributed by atoms with Crippen LogP contribution in [-0.4, -0.2) is 0 Å². The minimum atomic E-state index is -0.133. The largest absolute Gasteiger partial charge is 0.309 e. The molecule has 224 valence electrons. The molecule has 0 aromatic heterocycles. The normalized spacial score (nSPS) is 13.2. The molecule has 0 fully saturated rings. The van der Waals surface area contributed by atoms with E-state index < -0.39 is 0 Å². The lowest BCUT2D eigenvalue weighted by Gasteiger charge is -2.31. The molecule has 8 aromatic rings. The molecule has 0 heterocycles. The van der Waals surface area contributed by atoms with Crippen LogP contribution in [0.4, 0.5) is 17.1 Å². The Morgan fingerprint density at radius 2 is 1.02 bits per heavy atom. The van der Waals surface area contributed by atoms with Gasteiger partial charge in [-0.2, -0.15) is 0 Å². The standard InChI is InChI=1S/C46H35N/c1-30-22-25-35(26-23-30)47(42-21-11-20-40-45(42)39-28-33-14-4-5-15-34(33)29-41(39)46(40,2)3)43-27-24-32-13-7-9-18-37(32)44(43)38-19-10-16-31-12-6-8-17-36(31)38/h4-29H,1-3H3. The quantitative estimate of drug-likeness (QED) is 0.194. The topological polar surface area (TPSA) is 3.24 Å². The summed E-state index contributed by atoms with van der Waals surface area (Å²) in [6.45, 7) is 6.92. The summed E-state index contributed by atoms with van der Waals surface area (Å²) < 4.78 is 0. The molecule has 0 saturated heterocycles. The number of aryl methyl sites for hydroxylation is 1. The predicted octanol–water partition coefficient (Wildman–Crippen LogP) is 12.9. The fourth-order valence-corrected chi connectivity index (χ4v) is 7.91. The number of hydrogen-bond acceptors (Lipinski definition) is 1. The second-order valence-electron chi connectivity index (χ2n) is 13.4. The van der Waals surface area contributed by atoms with Crippen molar-refractivity contribution in [2.75, 3.05) is 4.90 Å². The van der Waals surface area contributed by atoms with Crippen LogP contribution in [0.25, 0.3) is 54.6 Å². The number of nitrogens with zero attached hydrogens (tertiary/aromatic N) is 1. The number of rotatable bonds is 4. The van der Waals surface area contributed by atoms with Gasteiger partial charge in [0.2, 0.25) is 0 Å². The third-order valence-electron chi connectivity index (χ3n) is 10.3. The van der Waals surface area contributed by atoms with Crippen molar-refractivity contribution in [3.05, 3.63) is 174 Å². The average molecular weight is 602 g/mol. The molecule has 0 bridgehead atoms. The number of anilines is 3. The van der Waals surface area contributed by atoms with Crippen LogP contribution in [0.15, 0.2) is 158 Å². The maximum absolute atomic E-state index is 2.52. The summed E-state index contributed by atoms with van der Waals surface area (Å²) in [6, 6.07) is 58.4. The molecule has 0 saturated carbocycles. The van der Waals surface area contributed by atoms with Crippen molar-refractivity contribution in [2.24, 2.45) is 0 Å². The number of hydrogen-bond donors (Lipinski definition) is 0. The van der Waals surface area contributed by atoms with Gasteiger partial charge < -0.3 is 4.90 Å². The molecule has 0 atom stereocenters. The molecule has 9 rings (SSSR count). The van der Waals surface area contributed by atoms with Crippen LogP contribution in [0, 0.1) is 6.92 Å². The Labute approximate surface area is 276 Å². The van der Waals surface area contributed by atoms with E-state index in [1.807, 2.05) is 0 Å². The molecule has 0 radical (unpaired) electrons. The molecule has 1 heteroatoms. The van der Waals surface area contributed by atoms with E-state index in [0.717, 1.165) is 5.69 Å². The molecular formula is C46H35N.